The van der Waals surface area contributed by atoms with Crippen LogP contribution in [0.5, 0.6) is 5.75 Å². The highest BCUT2D eigenvalue weighted by atomic mass is 16.3. The minimum atomic E-state index is -0.154. The van der Waals surface area contributed by atoms with Crippen molar-refractivity contribution in [2.45, 2.75) is 6.04 Å². The predicted molar refractivity (Wildman–Crippen MR) is 98.9 cm³/mol. The van der Waals surface area contributed by atoms with Gasteiger partial charge in [-0.25, -0.2) is 0 Å². The van der Waals surface area contributed by atoms with Gasteiger partial charge in [-0.15, -0.1) is 0 Å². The Labute approximate surface area is 149 Å². The summed E-state index contributed by atoms with van der Waals surface area (Å²) in [7, 11) is 3.65. The first-order valence-electron chi connectivity index (χ1n) is 8.71. The Balaban J connectivity index is 1.74. The number of nitrogens with one attached hydrogen (secondary N) is 1. The van der Waals surface area contributed by atoms with Crippen LogP contribution in [0.15, 0.2) is 54.6 Å². The number of phenolic OH excluding ortho intramolecular Hbond substituents is 1. The summed E-state index contributed by atoms with van der Waals surface area (Å²) in [5.74, 6) is 0.438. The molecule has 0 unspecified atom stereocenters. The van der Waals surface area contributed by atoms with Crippen molar-refractivity contribution >= 4 is 11.6 Å². The van der Waals surface area contributed by atoms with E-state index in [9.17, 15) is 9.90 Å². The van der Waals surface area contributed by atoms with Crippen molar-refractivity contribution in [1.29, 1.82) is 0 Å². The normalized spacial score (nSPS) is 16.5. The molecule has 0 aromatic heterocycles. The van der Waals surface area contributed by atoms with Gasteiger partial charge in [0, 0.05) is 25.3 Å². The second kappa shape index (κ2) is 7.57. The molecule has 1 heterocycles. The maximum absolute atomic E-state index is 12.8. The fourth-order valence-corrected chi connectivity index (χ4v) is 3.46. The average Bonchev–Trinajstić information content (AvgIpc) is 2.64. The number of carbonyl (C=O) groups excluding carboxylic acids is 1. The quantitative estimate of drug-likeness (QED) is 0.870. The first kappa shape index (κ1) is 17.3. The molecule has 2 aromatic carbocycles. The third kappa shape index (κ3) is 3.94. The molecule has 0 aliphatic carbocycles. The Kier molecular flexibility index (Phi) is 5.24. The smallest absolute Gasteiger partial charge is 0.285 e. The van der Waals surface area contributed by atoms with Crippen LogP contribution >= 0.6 is 0 Å². The van der Waals surface area contributed by atoms with Gasteiger partial charge < -0.3 is 19.8 Å². The lowest BCUT2D eigenvalue weighted by Gasteiger charge is -2.37. The molecule has 1 saturated heterocycles. The van der Waals surface area contributed by atoms with Crippen LogP contribution in [0.4, 0.5) is 5.69 Å². The lowest BCUT2D eigenvalue weighted by atomic mass is 10.0. The fourth-order valence-electron chi connectivity index (χ4n) is 3.46. The Hall–Kier alpha value is -2.53. The number of carbonyl (C=O) groups is 1. The summed E-state index contributed by atoms with van der Waals surface area (Å²) in [5, 5.41) is 9.44. The van der Waals surface area contributed by atoms with E-state index < -0.39 is 0 Å². The summed E-state index contributed by atoms with van der Waals surface area (Å²) in [6, 6.07) is 17.2. The molecule has 132 valence electrons. The van der Waals surface area contributed by atoms with Crippen molar-refractivity contribution in [1.82, 2.24) is 4.90 Å². The molecule has 1 aliphatic heterocycles. The summed E-state index contributed by atoms with van der Waals surface area (Å²) in [5.41, 5.74) is 2.20. The molecule has 0 bridgehead atoms. The number of piperazine rings is 1. The average molecular weight is 340 g/mol. The second-order valence-electron chi connectivity index (χ2n) is 6.74. The van der Waals surface area contributed by atoms with Gasteiger partial charge in [0.1, 0.15) is 5.75 Å². The highest BCUT2D eigenvalue weighted by molar-refractivity contribution is 5.81. The third-order valence-electron chi connectivity index (χ3n) is 4.85. The molecule has 1 aliphatic rings. The number of rotatable bonds is 4. The van der Waals surface area contributed by atoms with Gasteiger partial charge in [-0.1, -0.05) is 30.3 Å². The van der Waals surface area contributed by atoms with Crippen molar-refractivity contribution in [2.75, 3.05) is 45.2 Å². The molecule has 0 saturated carbocycles. The number of anilines is 1. The first-order valence-corrected chi connectivity index (χ1v) is 8.71. The van der Waals surface area contributed by atoms with E-state index in [1.54, 1.807) is 17.0 Å². The number of benzene rings is 2. The van der Waals surface area contributed by atoms with Crippen molar-refractivity contribution in [3.8, 4) is 5.75 Å². The molecular formula is C20H26N3O2+. The van der Waals surface area contributed by atoms with Crippen molar-refractivity contribution in [3.05, 3.63) is 60.2 Å². The monoisotopic (exact) mass is 340 g/mol. The van der Waals surface area contributed by atoms with Crippen LogP contribution in [0.2, 0.25) is 0 Å². The number of phenols is 1. The molecule has 0 radical (unpaired) electrons. The van der Waals surface area contributed by atoms with E-state index in [1.807, 2.05) is 56.6 Å². The number of nitrogens with zero attached hydrogens (tertiary/aromatic N) is 2. The van der Waals surface area contributed by atoms with E-state index in [0.29, 0.717) is 0 Å². The zero-order valence-corrected chi connectivity index (χ0v) is 14.9. The Morgan fingerprint density at radius 2 is 1.64 bits per heavy atom. The first-order chi connectivity index (χ1) is 12.1. The van der Waals surface area contributed by atoms with Gasteiger partial charge in [0.2, 0.25) is 0 Å². The molecule has 0 spiro atoms. The minimum Gasteiger partial charge on any atom is -0.508 e. The zero-order valence-electron chi connectivity index (χ0n) is 14.9. The van der Waals surface area contributed by atoms with Crippen molar-refractivity contribution in [3.63, 3.8) is 0 Å². The van der Waals surface area contributed by atoms with E-state index in [2.05, 4.69) is 4.90 Å². The maximum atomic E-state index is 12.8. The molecule has 2 N–H and O–H groups in total. The third-order valence-corrected chi connectivity index (χ3v) is 4.85. The Morgan fingerprint density at radius 3 is 2.20 bits per heavy atom. The Morgan fingerprint density at radius 1 is 1.04 bits per heavy atom. The van der Waals surface area contributed by atoms with Crippen LogP contribution in [0.3, 0.4) is 0 Å². The molecule has 1 amide bonds. The molecule has 1 fully saturated rings. The standard InChI is InChI=1S/C20H25N3O2/c1-21(2)20(25)19(16-6-4-3-5-7-16)23-14-12-22(13-15-23)17-8-10-18(24)11-9-17/h3-11,19,24H,12-15H2,1-2H3/p+1/t19-/m1/s1. The van der Waals surface area contributed by atoms with Gasteiger partial charge in [-0.05, 0) is 24.3 Å². The van der Waals surface area contributed by atoms with Gasteiger partial charge >= 0.3 is 0 Å². The van der Waals surface area contributed by atoms with E-state index in [4.69, 9.17) is 0 Å². The van der Waals surface area contributed by atoms with Gasteiger partial charge in [0.15, 0.2) is 6.04 Å². The molecular weight excluding hydrogens is 314 g/mol. The summed E-state index contributed by atoms with van der Waals surface area (Å²) < 4.78 is 0. The van der Waals surface area contributed by atoms with Crippen molar-refractivity contribution < 1.29 is 14.8 Å². The molecule has 3 rings (SSSR count). The number of quaternary nitrogens is 1. The SMILES string of the molecule is CN(C)C(=O)[C@@H](c1ccccc1)[NH+]1CCN(c2ccc(O)cc2)CC1. The van der Waals surface area contributed by atoms with Crippen LogP contribution in [0.25, 0.3) is 0 Å². The van der Waals surface area contributed by atoms with Crippen LogP contribution in [-0.4, -0.2) is 56.2 Å². The molecule has 25 heavy (non-hydrogen) atoms. The second-order valence-corrected chi connectivity index (χ2v) is 6.74. The lowest BCUT2D eigenvalue weighted by Crippen LogP contribution is -3.16. The summed E-state index contributed by atoms with van der Waals surface area (Å²) in [6.45, 7) is 3.59. The summed E-state index contributed by atoms with van der Waals surface area (Å²) in [4.78, 5) is 18.1. The van der Waals surface area contributed by atoms with E-state index in [-0.39, 0.29) is 17.7 Å². The predicted octanol–water partition coefficient (Wildman–Crippen LogP) is 0.927. The van der Waals surface area contributed by atoms with Gasteiger partial charge in [0.25, 0.3) is 5.91 Å². The molecule has 5 heteroatoms. The van der Waals surface area contributed by atoms with Gasteiger partial charge in [-0.3, -0.25) is 4.79 Å². The largest absolute Gasteiger partial charge is 0.508 e. The molecule has 1 atom stereocenters. The van der Waals surface area contributed by atoms with E-state index >= 15 is 0 Å². The van der Waals surface area contributed by atoms with Gasteiger partial charge in [-0.2, -0.15) is 0 Å². The minimum absolute atomic E-state index is 0.152. The van der Waals surface area contributed by atoms with Crippen LogP contribution in [-0.2, 0) is 4.79 Å². The number of amides is 1. The zero-order chi connectivity index (χ0) is 17.8. The lowest BCUT2D eigenvalue weighted by molar-refractivity contribution is -0.922. The highest BCUT2D eigenvalue weighted by Crippen LogP contribution is 2.19. The molecule has 2 aromatic rings. The number of likely N-dealkylation sites (N-methyl/N-ethyl adjacent to an activating group) is 1. The van der Waals surface area contributed by atoms with Crippen LogP contribution in [0, 0.1) is 0 Å². The van der Waals surface area contributed by atoms with Crippen LogP contribution in [0.1, 0.15) is 11.6 Å². The Bertz CT molecular complexity index is 693. The summed E-state index contributed by atoms with van der Waals surface area (Å²) in [6.07, 6.45) is 0. The summed E-state index contributed by atoms with van der Waals surface area (Å²) >= 11 is 0. The number of hydrogen-bond donors (Lipinski definition) is 2. The van der Waals surface area contributed by atoms with Crippen LogP contribution < -0.4 is 9.80 Å². The maximum Gasteiger partial charge on any atom is 0.285 e. The van der Waals surface area contributed by atoms with Crippen molar-refractivity contribution in [2.24, 2.45) is 0 Å². The number of hydrogen-bond acceptors (Lipinski definition) is 3. The topological polar surface area (TPSA) is 48.2 Å². The van der Waals surface area contributed by atoms with E-state index in [0.717, 1.165) is 37.4 Å². The molecule has 5 nitrogen and oxygen atoms in total. The number of aromatic hydroxyl groups is 1. The van der Waals surface area contributed by atoms with E-state index in [1.165, 1.54) is 4.90 Å². The highest BCUT2D eigenvalue weighted by Gasteiger charge is 2.35. The fraction of sp³-hybridized carbons (Fsp3) is 0.350. The van der Waals surface area contributed by atoms with Gasteiger partial charge in [0.05, 0.1) is 26.2 Å².